The van der Waals surface area contributed by atoms with Crippen LogP contribution < -0.4 is 4.90 Å². The summed E-state index contributed by atoms with van der Waals surface area (Å²) in [6, 6.07) is 10.0. The van der Waals surface area contributed by atoms with Crippen LogP contribution in [-0.2, 0) is 9.59 Å². The molecule has 1 aromatic carbocycles. The van der Waals surface area contributed by atoms with Crippen LogP contribution in [0.1, 0.15) is 39.3 Å². The molecule has 0 N–H and O–H groups in total. The third-order valence-corrected chi connectivity index (χ3v) is 3.83. The molecule has 132 valence electrons. The Morgan fingerprint density at radius 3 is 2.08 bits per heavy atom. The Morgan fingerprint density at radius 1 is 0.962 bits per heavy atom. The molecule has 0 radical (unpaired) electrons. The lowest BCUT2D eigenvalue weighted by Gasteiger charge is -2.43. The number of rotatable bonds is 2. The molecule has 1 heterocycles. The zero-order valence-electron chi connectivity index (χ0n) is 15.2. The number of para-hydroxylation sites is 1. The maximum Gasteiger partial charge on any atom is 0.253 e. The molecule has 0 aromatic heterocycles. The van der Waals surface area contributed by atoms with Crippen molar-refractivity contribution in [1.82, 2.24) is 4.90 Å². The van der Waals surface area contributed by atoms with E-state index in [0.717, 1.165) is 16.0 Å². The molecule has 0 spiro atoms. The standard InChI is InChI=1S/C20H20N4O2/c1-13(2)9-19(25)23-16-8-6-5-7-15(16)17(11-21)24(18(23)12-22)20(26)10-14(3)4/h5-10,17-18H,1-4H3. The number of fused-ring (bicyclic) bond motifs is 1. The van der Waals surface area contributed by atoms with Crippen LogP contribution in [0.5, 0.6) is 0 Å². The van der Waals surface area contributed by atoms with Gasteiger partial charge in [-0.2, -0.15) is 10.5 Å². The van der Waals surface area contributed by atoms with Crippen LogP contribution in [0.15, 0.2) is 47.6 Å². The van der Waals surface area contributed by atoms with E-state index >= 15 is 0 Å². The average molecular weight is 348 g/mol. The third-order valence-electron chi connectivity index (χ3n) is 3.83. The van der Waals surface area contributed by atoms with Crippen LogP contribution in [-0.4, -0.2) is 22.9 Å². The molecule has 0 aliphatic carbocycles. The zero-order chi connectivity index (χ0) is 19.4. The number of carbonyl (C=O) groups excluding carboxylic acids is 2. The van der Waals surface area contributed by atoms with E-state index in [1.54, 1.807) is 52.0 Å². The zero-order valence-corrected chi connectivity index (χ0v) is 15.2. The van der Waals surface area contributed by atoms with Gasteiger partial charge in [0.05, 0.1) is 11.8 Å². The molecule has 26 heavy (non-hydrogen) atoms. The van der Waals surface area contributed by atoms with Crippen LogP contribution in [0, 0.1) is 22.7 Å². The van der Waals surface area contributed by atoms with Crippen molar-refractivity contribution in [3.05, 3.63) is 53.1 Å². The minimum Gasteiger partial charge on any atom is -0.285 e. The van der Waals surface area contributed by atoms with Gasteiger partial charge in [0.25, 0.3) is 5.91 Å². The Bertz CT molecular complexity index is 878. The lowest BCUT2D eigenvalue weighted by atomic mass is 9.97. The van der Waals surface area contributed by atoms with Crippen molar-refractivity contribution >= 4 is 17.5 Å². The summed E-state index contributed by atoms with van der Waals surface area (Å²) >= 11 is 0. The molecular formula is C20H20N4O2. The normalized spacial score (nSPS) is 18.1. The summed E-state index contributed by atoms with van der Waals surface area (Å²) in [7, 11) is 0. The fourth-order valence-electron chi connectivity index (χ4n) is 2.86. The number of benzene rings is 1. The second-order valence-corrected chi connectivity index (χ2v) is 6.49. The summed E-state index contributed by atoms with van der Waals surface area (Å²) in [4.78, 5) is 28.0. The van der Waals surface area contributed by atoms with E-state index in [-0.39, 0.29) is 0 Å². The van der Waals surface area contributed by atoms with Gasteiger partial charge in [-0.1, -0.05) is 29.3 Å². The summed E-state index contributed by atoms with van der Waals surface area (Å²) in [5.74, 6) is -0.886. The smallest absolute Gasteiger partial charge is 0.253 e. The van der Waals surface area contributed by atoms with Gasteiger partial charge < -0.3 is 0 Å². The second-order valence-electron chi connectivity index (χ2n) is 6.49. The molecule has 2 amide bonds. The maximum absolute atomic E-state index is 12.8. The Labute approximate surface area is 153 Å². The van der Waals surface area contributed by atoms with E-state index in [4.69, 9.17) is 0 Å². The number of carbonyl (C=O) groups is 2. The Kier molecular flexibility index (Phi) is 5.59. The fraction of sp³-hybridized carbons (Fsp3) is 0.300. The van der Waals surface area contributed by atoms with Gasteiger partial charge in [0.1, 0.15) is 12.1 Å². The highest BCUT2D eigenvalue weighted by Crippen LogP contribution is 2.38. The summed E-state index contributed by atoms with van der Waals surface area (Å²) in [6.45, 7) is 7.06. The minimum atomic E-state index is -1.21. The molecule has 6 heteroatoms. The van der Waals surface area contributed by atoms with Gasteiger partial charge in [-0.3, -0.25) is 19.4 Å². The molecule has 0 saturated heterocycles. The van der Waals surface area contributed by atoms with Crippen molar-refractivity contribution in [3.63, 3.8) is 0 Å². The van der Waals surface area contributed by atoms with Crippen LogP contribution in [0.2, 0.25) is 0 Å². The lowest BCUT2D eigenvalue weighted by Crippen LogP contribution is -2.56. The first kappa shape index (κ1) is 19.0. The predicted octanol–water partition coefficient (Wildman–Crippen LogP) is 3.21. The molecule has 6 nitrogen and oxygen atoms in total. The monoisotopic (exact) mass is 348 g/mol. The maximum atomic E-state index is 12.8. The highest BCUT2D eigenvalue weighted by atomic mass is 16.2. The first-order chi connectivity index (χ1) is 12.3. The van der Waals surface area contributed by atoms with Gasteiger partial charge in [-0.25, -0.2) is 0 Å². The van der Waals surface area contributed by atoms with Gasteiger partial charge in [0.2, 0.25) is 12.1 Å². The summed E-state index contributed by atoms with van der Waals surface area (Å²) in [5, 5.41) is 19.4. The van der Waals surface area contributed by atoms with E-state index in [0.29, 0.717) is 11.3 Å². The third kappa shape index (κ3) is 3.50. The molecule has 1 aliphatic heterocycles. The van der Waals surface area contributed by atoms with Crippen LogP contribution in [0.25, 0.3) is 0 Å². The topological polar surface area (TPSA) is 88.2 Å². The summed E-state index contributed by atoms with van der Waals surface area (Å²) in [5.41, 5.74) is 2.50. The van der Waals surface area contributed by atoms with Gasteiger partial charge in [0.15, 0.2) is 0 Å². The summed E-state index contributed by atoms with van der Waals surface area (Å²) < 4.78 is 0. The molecule has 1 aliphatic rings. The Balaban J connectivity index is 2.72. The molecule has 0 bridgehead atoms. The van der Waals surface area contributed by atoms with E-state index in [1.807, 2.05) is 6.07 Å². The fourth-order valence-corrected chi connectivity index (χ4v) is 2.86. The number of nitriles is 2. The van der Waals surface area contributed by atoms with E-state index in [1.165, 1.54) is 17.1 Å². The predicted molar refractivity (Wildman–Crippen MR) is 97.4 cm³/mol. The average Bonchev–Trinajstić information content (AvgIpc) is 2.57. The van der Waals surface area contributed by atoms with Crippen molar-refractivity contribution in [3.8, 4) is 12.1 Å². The van der Waals surface area contributed by atoms with Crippen molar-refractivity contribution in [2.75, 3.05) is 4.90 Å². The number of hydrogen-bond acceptors (Lipinski definition) is 4. The number of nitrogens with zero attached hydrogens (tertiary/aromatic N) is 4. The number of hydrogen-bond donors (Lipinski definition) is 0. The number of anilines is 1. The second kappa shape index (κ2) is 7.67. The van der Waals surface area contributed by atoms with Crippen molar-refractivity contribution < 1.29 is 9.59 Å². The van der Waals surface area contributed by atoms with E-state index in [9.17, 15) is 20.1 Å². The van der Waals surface area contributed by atoms with Gasteiger partial charge in [-0.05, 0) is 33.8 Å². The molecule has 2 unspecified atom stereocenters. The number of allylic oxidation sites excluding steroid dienone is 2. The molecule has 2 atom stereocenters. The largest absolute Gasteiger partial charge is 0.285 e. The molecule has 0 fully saturated rings. The highest BCUT2D eigenvalue weighted by Gasteiger charge is 2.43. The van der Waals surface area contributed by atoms with Gasteiger partial charge in [-0.15, -0.1) is 0 Å². The Morgan fingerprint density at radius 2 is 1.54 bits per heavy atom. The molecule has 2 rings (SSSR count). The van der Waals surface area contributed by atoms with Crippen LogP contribution in [0.4, 0.5) is 5.69 Å². The molecular weight excluding hydrogens is 328 g/mol. The Hall–Kier alpha value is -3.38. The first-order valence-electron chi connectivity index (χ1n) is 8.15. The minimum absolute atomic E-state index is 0.407. The van der Waals surface area contributed by atoms with E-state index in [2.05, 4.69) is 6.07 Å². The summed E-state index contributed by atoms with van der Waals surface area (Å²) in [6.07, 6.45) is 1.57. The van der Waals surface area contributed by atoms with E-state index < -0.39 is 24.0 Å². The van der Waals surface area contributed by atoms with Crippen molar-refractivity contribution in [2.45, 2.75) is 39.9 Å². The first-order valence-corrected chi connectivity index (χ1v) is 8.15. The molecule has 0 saturated carbocycles. The van der Waals surface area contributed by atoms with Crippen LogP contribution in [0.3, 0.4) is 0 Å². The lowest BCUT2D eigenvalue weighted by molar-refractivity contribution is -0.130. The van der Waals surface area contributed by atoms with Crippen molar-refractivity contribution in [1.29, 1.82) is 10.5 Å². The molecule has 1 aromatic rings. The number of amides is 2. The quantitative estimate of drug-likeness (QED) is 0.768. The van der Waals surface area contributed by atoms with Gasteiger partial charge >= 0.3 is 0 Å². The van der Waals surface area contributed by atoms with Gasteiger partial charge in [0, 0.05) is 17.7 Å². The van der Waals surface area contributed by atoms with Crippen molar-refractivity contribution in [2.24, 2.45) is 0 Å². The SMILES string of the molecule is CC(C)=CC(=O)N1c2ccccc2C(C#N)N(C(=O)C=C(C)C)C1C#N. The van der Waals surface area contributed by atoms with Crippen LogP contribution >= 0.6 is 0 Å². The highest BCUT2D eigenvalue weighted by molar-refractivity contribution is 6.05.